The number of fused-ring (bicyclic) bond motifs is 1. The van der Waals surface area contributed by atoms with Crippen molar-refractivity contribution in [3.8, 4) is 5.75 Å². The van der Waals surface area contributed by atoms with Crippen molar-refractivity contribution in [3.63, 3.8) is 0 Å². The number of ether oxygens (including phenoxy) is 1. The Balaban J connectivity index is 1.20. The van der Waals surface area contributed by atoms with E-state index in [1.165, 1.54) is 0 Å². The minimum Gasteiger partial charge on any atom is -0.497 e. The van der Waals surface area contributed by atoms with Gasteiger partial charge < -0.3 is 20.4 Å². The molecule has 1 unspecified atom stereocenters. The van der Waals surface area contributed by atoms with Gasteiger partial charge in [0.2, 0.25) is 5.91 Å². The molecule has 1 atom stereocenters. The van der Waals surface area contributed by atoms with Gasteiger partial charge in [-0.3, -0.25) is 9.59 Å². The summed E-state index contributed by atoms with van der Waals surface area (Å²) >= 11 is 0. The fraction of sp³-hybridized carbons (Fsp3) is 0.304. The van der Waals surface area contributed by atoms with Crippen molar-refractivity contribution in [1.29, 1.82) is 0 Å². The average molecular weight is 435 g/mol. The Morgan fingerprint density at radius 3 is 2.69 bits per heavy atom. The third-order valence-electron chi connectivity index (χ3n) is 5.36. The van der Waals surface area contributed by atoms with Crippen molar-refractivity contribution in [2.75, 3.05) is 18.6 Å². The van der Waals surface area contributed by atoms with Gasteiger partial charge in [-0.2, -0.15) is 0 Å². The van der Waals surface area contributed by atoms with E-state index in [0.29, 0.717) is 18.0 Å². The highest BCUT2D eigenvalue weighted by molar-refractivity contribution is 6.21. The van der Waals surface area contributed by atoms with Gasteiger partial charge in [-0.25, -0.2) is 14.7 Å². The van der Waals surface area contributed by atoms with E-state index in [2.05, 4.69) is 20.6 Å². The van der Waals surface area contributed by atoms with E-state index in [0.717, 1.165) is 34.6 Å². The lowest BCUT2D eigenvalue weighted by molar-refractivity contribution is -0.121. The van der Waals surface area contributed by atoms with E-state index in [4.69, 9.17) is 4.74 Å². The molecular weight excluding hydrogens is 410 g/mol. The minimum atomic E-state index is -0.717. The first-order valence-electron chi connectivity index (χ1n) is 10.5. The summed E-state index contributed by atoms with van der Waals surface area (Å²) in [6.45, 7) is 0.513. The van der Waals surface area contributed by atoms with E-state index in [1.54, 1.807) is 31.4 Å². The number of nitrogens with zero attached hydrogens (tertiary/aromatic N) is 2. The molecule has 166 valence electrons. The predicted octanol–water partition coefficient (Wildman–Crippen LogP) is 2.53. The molecule has 1 fully saturated rings. The number of rotatable bonds is 9. The third kappa shape index (κ3) is 4.72. The van der Waals surface area contributed by atoms with Crippen molar-refractivity contribution >= 4 is 34.6 Å². The molecule has 0 radical (unpaired) electrons. The molecule has 0 bridgehead atoms. The molecule has 1 aliphatic rings. The van der Waals surface area contributed by atoms with Crippen molar-refractivity contribution in [1.82, 2.24) is 20.6 Å². The van der Waals surface area contributed by atoms with Crippen molar-refractivity contribution in [2.24, 2.45) is 0 Å². The van der Waals surface area contributed by atoms with Crippen LogP contribution in [-0.2, 0) is 16.0 Å². The monoisotopic (exact) mass is 435 g/mol. The molecule has 2 heterocycles. The standard InChI is InChI=1S/C23H25N5O4/c1-32-16-10-8-15(9-11-16)28-22(30)19(27-23(28)31)12-13-21(29)24-14-4-7-20-25-17-5-2-3-6-18(17)26-20/h2-3,5-6,8-11,19H,4,7,12-14H2,1H3,(H,24,29)(H,25,26)(H,27,31). The van der Waals surface area contributed by atoms with Gasteiger partial charge in [0.15, 0.2) is 0 Å². The van der Waals surface area contributed by atoms with Gasteiger partial charge >= 0.3 is 6.03 Å². The maximum Gasteiger partial charge on any atom is 0.329 e. The maximum atomic E-state index is 12.6. The summed E-state index contributed by atoms with van der Waals surface area (Å²) in [5, 5.41) is 5.51. The number of benzene rings is 2. The molecule has 9 heteroatoms. The highest BCUT2D eigenvalue weighted by Crippen LogP contribution is 2.23. The number of imidazole rings is 1. The number of para-hydroxylation sites is 2. The van der Waals surface area contributed by atoms with Crippen LogP contribution in [0, 0.1) is 0 Å². The third-order valence-corrected chi connectivity index (χ3v) is 5.36. The van der Waals surface area contributed by atoms with Gasteiger partial charge in [-0.1, -0.05) is 12.1 Å². The largest absolute Gasteiger partial charge is 0.497 e. The molecule has 1 aliphatic heterocycles. The number of nitrogens with one attached hydrogen (secondary N) is 3. The molecule has 2 aromatic carbocycles. The summed E-state index contributed by atoms with van der Waals surface area (Å²) in [4.78, 5) is 46.0. The summed E-state index contributed by atoms with van der Waals surface area (Å²) in [5.74, 6) is 1.00. The zero-order chi connectivity index (χ0) is 22.5. The Kier molecular flexibility index (Phi) is 6.34. The Labute approximate surface area is 185 Å². The van der Waals surface area contributed by atoms with Gasteiger partial charge in [0.1, 0.15) is 17.6 Å². The summed E-state index contributed by atoms with van der Waals surface area (Å²) in [6.07, 6.45) is 1.86. The molecule has 0 aliphatic carbocycles. The molecule has 32 heavy (non-hydrogen) atoms. The maximum absolute atomic E-state index is 12.6. The van der Waals surface area contributed by atoms with E-state index in [9.17, 15) is 14.4 Å². The molecule has 3 N–H and O–H groups in total. The number of aromatic amines is 1. The van der Waals surface area contributed by atoms with E-state index in [1.807, 2.05) is 24.3 Å². The van der Waals surface area contributed by atoms with Crippen LogP contribution in [0.3, 0.4) is 0 Å². The SMILES string of the molecule is COc1ccc(N2C(=O)NC(CCC(=O)NCCCc3nc4ccccc4[nH]3)C2=O)cc1. The van der Waals surface area contributed by atoms with Crippen LogP contribution in [0.4, 0.5) is 10.5 Å². The highest BCUT2D eigenvalue weighted by Gasteiger charge is 2.38. The molecule has 0 saturated carbocycles. The number of aryl methyl sites for hydroxylation is 1. The number of carbonyl (C=O) groups excluding carboxylic acids is 3. The molecule has 4 amide bonds. The fourth-order valence-corrected chi connectivity index (χ4v) is 3.67. The molecular formula is C23H25N5O4. The number of anilines is 1. The van der Waals surface area contributed by atoms with Crippen LogP contribution < -0.4 is 20.3 Å². The first kappa shape index (κ1) is 21.4. The summed E-state index contributed by atoms with van der Waals surface area (Å²) in [5.41, 5.74) is 2.39. The lowest BCUT2D eigenvalue weighted by Crippen LogP contribution is -2.33. The Morgan fingerprint density at radius 1 is 1.16 bits per heavy atom. The number of carbonyl (C=O) groups is 3. The van der Waals surface area contributed by atoms with Crippen LogP contribution in [0.25, 0.3) is 11.0 Å². The summed E-state index contributed by atoms with van der Waals surface area (Å²) < 4.78 is 5.10. The van der Waals surface area contributed by atoms with Crippen LogP contribution in [0.2, 0.25) is 0 Å². The van der Waals surface area contributed by atoms with Gasteiger partial charge in [-0.15, -0.1) is 0 Å². The smallest absolute Gasteiger partial charge is 0.329 e. The number of H-pyrrole nitrogens is 1. The fourth-order valence-electron chi connectivity index (χ4n) is 3.67. The van der Waals surface area contributed by atoms with Crippen LogP contribution in [0.5, 0.6) is 5.75 Å². The van der Waals surface area contributed by atoms with Crippen molar-refractivity contribution < 1.29 is 19.1 Å². The quantitative estimate of drug-likeness (QED) is 0.353. The number of hydrogen-bond acceptors (Lipinski definition) is 5. The molecule has 1 aromatic heterocycles. The molecule has 1 saturated heterocycles. The number of imide groups is 1. The Morgan fingerprint density at radius 2 is 1.94 bits per heavy atom. The van der Waals surface area contributed by atoms with Crippen LogP contribution >= 0.6 is 0 Å². The number of amides is 4. The topological polar surface area (TPSA) is 116 Å². The van der Waals surface area contributed by atoms with Crippen molar-refractivity contribution in [2.45, 2.75) is 31.7 Å². The van der Waals surface area contributed by atoms with Crippen LogP contribution in [0.1, 0.15) is 25.1 Å². The zero-order valence-electron chi connectivity index (χ0n) is 17.8. The Hall–Kier alpha value is -3.88. The van der Waals surface area contributed by atoms with E-state index < -0.39 is 12.1 Å². The normalized spacial score (nSPS) is 15.8. The highest BCUT2D eigenvalue weighted by atomic mass is 16.5. The zero-order valence-corrected chi connectivity index (χ0v) is 17.8. The molecule has 3 aromatic rings. The van der Waals surface area contributed by atoms with Gasteiger partial charge in [-0.05, 0) is 49.2 Å². The number of urea groups is 1. The van der Waals surface area contributed by atoms with Gasteiger partial charge in [0.05, 0.1) is 23.8 Å². The van der Waals surface area contributed by atoms with Crippen molar-refractivity contribution in [3.05, 3.63) is 54.4 Å². The molecule has 9 nitrogen and oxygen atoms in total. The summed E-state index contributed by atoms with van der Waals surface area (Å²) in [6, 6.07) is 13.3. The second-order valence-electron chi connectivity index (χ2n) is 7.57. The number of hydrogen-bond donors (Lipinski definition) is 3. The lowest BCUT2D eigenvalue weighted by atomic mass is 10.1. The molecule has 4 rings (SSSR count). The van der Waals surface area contributed by atoms with Crippen LogP contribution in [-0.4, -0.2) is 47.5 Å². The van der Waals surface area contributed by atoms with Gasteiger partial charge in [0, 0.05) is 19.4 Å². The first-order chi connectivity index (χ1) is 15.5. The number of methoxy groups -OCH3 is 1. The second-order valence-corrected chi connectivity index (χ2v) is 7.57. The van der Waals surface area contributed by atoms with Crippen LogP contribution in [0.15, 0.2) is 48.5 Å². The Bertz CT molecular complexity index is 1090. The first-order valence-corrected chi connectivity index (χ1v) is 10.5. The lowest BCUT2D eigenvalue weighted by Gasteiger charge is -2.13. The van der Waals surface area contributed by atoms with E-state index >= 15 is 0 Å². The summed E-state index contributed by atoms with van der Waals surface area (Å²) in [7, 11) is 1.54. The predicted molar refractivity (Wildman–Crippen MR) is 119 cm³/mol. The minimum absolute atomic E-state index is 0.151. The number of aromatic nitrogens is 2. The second kappa shape index (κ2) is 9.51. The average Bonchev–Trinajstić information content (AvgIpc) is 3.35. The van der Waals surface area contributed by atoms with E-state index in [-0.39, 0.29) is 24.7 Å². The van der Waals surface area contributed by atoms with Gasteiger partial charge in [0.25, 0.3) is 5.91 Å². The molecule has 0 spiro atoms.